The molecule has 1 N–H and O–H groups in total. The molecule has 2 rings (SSSR count). The fourth-order valence-electron chi connectivity index (χ4n) is 3.11. The van der Waals surface area contributed by atoms with E-state index < -0.39 is 0 Å². The average molecular weight is 334 g/mol. The Kier molecular flexibility index (Phi) is 8.22. The minimum absolute atomic E-state index is 0.0361. The van der Waals surface area contributed by atoms with Gasteiger partial charge < -0.3 is 14.8 Å². The van der Waals surface area contributed by atoms with Crippen molar-refractivity contribution in [3.63, 3.8) is 0 Å². The first-order valence-corrected chi connectivity index (χ1v) is 9.04. The number of carbonyl (C=O) groups is 1. The van der Waals surface area contributed by atoms with Crippen molar-refractivity contribution < 1.29 is 14.3 Å². The van der Waals surface area contributed by atoms with E-state index in [1.165, 1.54) is 0 Å². The molecule has 0 spiro atoms. The SMILES string of the molecule is CCCCN[C@@H](C(=O)OCC)[C@@H](c1ccccc1)N1CCOCC1. The van der Waals surface area contributed by atoms with Crippen molar-refractivity contribution in [3.8, 4) is 0 Å². The molecule has 24 heavy (non-hydrogen) atoms. The Balaban J connectivity index is 2.25. The van der Waals surface area contributed by atoms with Crippen LogP contribution < -0.4 is 5.32 Å². The molecule has 0 aromatic heterocycles. The van der Waals surface area contributed by atoms with E-state index in [0.717, 1.165) is 38.0 Å². The van der Waals surface area contributed by atoms with Gasteiger partial charge in [-0.25, -0.2) is 0 Å². The van der Waals surface area contributed by atoms with Crippen molar-refractivity contribution in [2.75, 3.05) is 39.5 Å². The summed E-state index contributed by atoms with van der Waals surface area (Å²) in [5.41, 5.74) is 1.14. The summed E-state index contributed by atoms with van der Waals surface area (Å²) >= 11 is 0. The van der Waals surface area contributed by atoms with Gasteiger partial charge in [-0.1, -0.05) is 43.7 Å². The minimum atomic E-state index is -0.364. The van der Waals surface area contributed by atoms with E-state index in [-0.39, 0.29) is 18.1 Å². The monoisotopic (exact) mass is 334 g/mol. The van der Waals surface area contributed by atoms with Crippen LogP contribution in [0.1, 0.15) is 38.3 Å². The molecule has 0 aliphatic carbocycles. The maximum Gasteiger partial charge on any atom is 0.325 e. The number of benzene rings is 1. The van der Waals surface area contributed by atoms with E-state index in [4.69, 9.17) is 9.47 Å². The number of morpholine rings is 1. The van der Waals surface area contributed by atoms with Crippen LogP contribution in [0.15, 0.2) is 30.3 Å². The van der Waals surface area contributed by atoms with Gasteiger partial charge in [0.15, 0.2) is 0 Å². The molecule has 2 atom stereocenters. The molecule has 0 bridgehead atoms. The van der Waals surface area contributed by atoms with Crippen LogP contribution in [0.2, 0.25) is 0 Å². The van der Waals surface area contributed by atoms with E-state index in [1.54, 1.807) is 0 Å². The van der Waals surface area contributed by atoms with Gasteiger partial charge in [0.25, 0.3) is 0 Å². The Morgan fingerprint density at radius 2 is 1.96 bits per heavy atom. The predicted octanol–water partition coefficient (Wildman–Crippen LogP) is 2.38. The zero-order valence-corrected chi connectivity index (χ0v) is 14.9. The second-order valence-electron chi connectivity index (χ2n) is 6.04. The summed E-state index contributed by atoms with van der Waals surface area (Å²) in [5, 5.41) is 3.44. The average Bonchev–Trinajstić information content (AvgIpc) is 2.63. The van der Waals surface area contributed by atoms with Gasteiger partial charge in [0.1, 0.15) is 6.04 Å². The van der Waals surface area contributed by atoms with Crippen LogP contribution in [0.25, 0.3) is 0 Å². The van der Waals surface area contributed by atoms with Crippen LogP contribution in [-0.2, 0) is 14.3 Å². The summed E-state index contributed by atoms with van der Waals surface area (Å²) in [4.78, 5) is 15.0. The maximum absolute atomic E-state index is 12.7. The molecule has 134 valence electrons. The van der Waals surface area contributed by atoms with Gasteiger partial charge in [0.2, 0.25) is 0 Å². The quantitative estimate of drug-likeness (QED) is 0.555. The van der Waals surface area contributed by atoms with Crippen LogP contribution >= 0.6 is 0 Å². The van der Waals surface area contributed by atoms with Crippen LogP contribution in [-0.4, -0.2) is 56.4 Å². The molecule has 5 heteroatoms. The van der Waals surface area contributed by atoms with Crippen molar-refractivity contribution in [2.24, 2.45) is 0 Å². The molecule has 0 unspecified atom stereocenters. The number of carbonyl (C=O) groups excluding carboxylic acids is 1. The van der Waals surface area contributed by atoms with Gasteiger partial charge in [0, 0.05) is 13.1 Å². The number of ether oxygens (including phenoxy) is 2. The van der Waals surface area contributed by atoms with Crippen molar-refractivity contribution in [1.29, 1.82) is 0 Å². The number of nitrogens with zero attached hydrogens (tertiary/aromatic N) is 1. The summed E-state index contributed by atoms with van der Waals surface area (Å²) in [6.07, 6.45) is 2.14. The van der Waals surface area contributed by atoms with Gasteiger partial charge in [0.05, 0.1) is 25.9 Å². The van der Waals surface area contributed by atoms with Crippen LogP contribution in [0.3, 0.4) is 0 Å². The third-order valence-corrected chi connectivity index (χ3v) is 4.33. The van der Waals surface area contributed by atoms with Crippen LogP contribution in [0.5, 0.6) is 0 Å². The largest absolute Gasteiger partial charge is 0.465 e. The first kappa shape index (κ1) is 18.9. The molecule has 1 heterocycles. The normalized spacial score (nSPS) is 18.1. The first-order valence-electron chi connectivity index (χ1n) is 9.04. The van der Waals surface area contributed by atoms with Gasteiger partial charge in [-0.15, -0.1) is 0 Å². The molecule has 0 saturated carbocycles. The van der Waals surface area contributed by atoms with E-state index in [2.05, 4.69) is 29.3 Å². The lowest BCUT2D eigenvalue weighted by Crippen LogP contribution is -2.52. The molecule has 1 aromatic carbocycles. The fraction of sp³-hybridized carbons (Fsp3) is 0.632. The van der Waals surface area contributed by atoms with Crippen LogP contribution in [0, 0.1) is 0 Å². The molecule has 1 aromatic rings. The highest BCUT2D eigenvalue weighted by atomic mass is 16.5. The highest BCUT2D eigenvalue weighted by Crippen LogP contribution is 2.26. The van der Waals surface area contributed by atoms with Crippen molar-refractivity contribution in [1.82, 2.24) is 10.2 Å². The molecule has 1 fully saturated rings. The van der Waals surface area contributed by atoms with E-state index in [1.807, 2.05) is 25.1 Å². The van der Waals surface area contributed by atoms with Crippen molar-refractivity contribution in [3.05, 3.63) is 35.9 Å². The smallest absolute Gasteiger partial charge is 0.325 e. The second kappa shape index (κ2) is 10.4. The molecule has 1 aliphatic rings. The first-order chi connectivity index (χ1) is 11.8. The standard InChI is InChI=1S/C19H30N2O3/c1-3-5-11-20-17(19(22)24-4-2)18(16-9-7-6-8-10-16)21-12-14-23-15-13-21/h6-10,17-18,20H,3-5,11-15H2,1-2H3/t17-,18-/m1/s1. The summed E-state index contributed by atoms with van der Waals surface area (Å²) in [7, 11) is 0. The molecular formula is C19H30N2O3. The number of hydrogen-bond donors (Lipinski definition) is 1. The minimum Gasteiger partial charge on any atom is -0.465 e. The Labute approximate surface area is 145 Å². The van der Waals surface area contributed by atoms with E-state index in [0.29, 0.717) is 19.8 Å². The van der Waals surface area contributed by atoms with Crippen molar-refractivity contribution >= 4 is 5.97 Å². The number of esters is 1. The summed E-state index contributed by atoms with van der Waals surface area (Å²) in [5.74, 6) is -0.172. The fourth-order valence-corrected chi connectivity index (χ4v) is 3.11. The summed E-state index contributed by atoms with van der Waals surface area (Å²) < 4.78 is 10.9. The predicted molar refractivity (Wildman–Crippen MR) is 94.9 cm³/mol. The van der Waals surface area contributed by atoms with Crippen LogP contribution in [0.4, 0.5) is 0 Å². The number of rotatable bonds is 9. The lowest BCUT2D eigenvalue weighted by Gasteiger charge is -2.38. The summed E-state index contributed by atoms with van der Waals surface area (Å²) in [6.45, 7) is 8.27. The highest BCUT2D eigenvalue weighted by Gasteiger charge is 2.35. The molecular weight excluding hydrogens is 304 g/mol. The number of unbranched alkanes of at least 4 members (excludes halogenated alkanes) is 1. The van der Waals surface area contributed by atoms with E-state index in [9.17, 15) is 4.79 Å². The molecule has 5 nitrogen and oxygen atoms in total. The second-order valence-corrected chi connectivity index (χ2v) is 6.04. The third-order valence-electron chi connectivity index (χ3n) is 4.33. The lowest BCUT2D eigenvalue weighted by atomic mass is 9.96. The molecule has 1 aliphatic heterocycles. The van der Waals surface area contributed by atoms with Gasteiger partial charge in [-0.2, -0.15) is 0 Å². The third kappa shape index (κ3) is 5.30. The molecule has 0 radical (unpaired) electrons. The Hall–Kier alpha value is -1.43. The lowest BCUT2D eigenvalue weighted by molar-refractivity contribution is -0.148. The zero-order chi connectivity index (χ0) is 17.2. The van der Waals surface area contributed by atoms with Gasteiger partial charge in [-0.3, -0.25) is 9.69 Å². The maximum atomic E-state index is 12.7. The number of hydrogen-bond acceptors (Lipinski definition) is 5. The topological polar surface area (TPSA) is 50.8 Å². The van der Waals surface area contributed by atoms with Gasteiger partial charge in [-0.05, 0) is 25.5 Å². The Morgan fingerprint density at radius 3 is 2.58 bits per heavy atom. The number of nitrogens with one attached hydrogen (secondary N) is 1. The Bertz CT molecular complexity index is 475. The van der Waals surface area contributed by atoms with Crippen molar-refractivity contribution in [2.45, 2.75) is 38.8 Å². The van der Waals surface area contributed by atoms with E-state index >= 15 is 0 Å². The molecule has 0 amide bonds. The van der Waals surface area contributed by atoms with Gasteiger partial charge >= 0.3 is 5.97 Å². The summed E-state index contributed by atoms with van der Waals surface area (Å²) in [6, 6.07) is 9.84. The zero-order valence-electron chi connectivity index (χ0n) is 14.9. The molecule has 1 saturated heterocycles. The Morgan fingerprint density at radius 1 is 1.25 bits per heavy atom. The highest BCUT2D eigenvalue weighted by molar-refractivity contribution is 5.77.